The van der Waals surface area contributed by atoms with E-state index in [-0.39, 0.29) is 17.3 Å². The van der Waals surface area contributed by atoms with E-state index in [0.717, 1.165) is 0 Å². The molecule has 94 valence electrons. The molecule has 5 heteroatoms. The number of ketones is 1. The van der Waals surface area contributed by atoms with Gasteiger partial charge in [-0.05, 0) is 24.3 Å². The molecule has 0 aliphatic rings. The lowest BCUT2D eigenvalue weighted by Gasteiger charge is -2.14. The van der Waals surface area contributed by atoms with Crippen LogP contribution in [0.25, 0.3) is 0 Å². The van der Waals surface area contributed by atoms with Crippen LogP contribution < -0.4 is 5.43 Å². The summed E-state index contributed by atoms with van der Waals surface area (Å²) < 4.78 is 12.7. The van der Waals surface area contributed by atoms with E-state index >= 15 is 0 Å². The van der Waals surface area contributed by atoms with Crippen LogP contribution in [0.2, 0.25) is 0 Å². The van der Waals surface area contributed by atoms with E-state index in [1.165, 1.54) is 24.3 Å². The van der Waals surface area contributed by atoms with Gasteiger partial charge in [0.05, 0.1) is 5.69 Å². The van der Waals surface area contributed by atoms with Crippen LogP contribution in [-0.2, 0) is 4.79 Å². The Morgan fingerprint density at radius 2 is 1.89 bits per heavy atom. The first-order chi connectivity index (χ1) is 8.34. The molecule has 0 heterocycles. The van der Waals surface area contributed by atoms with Gasteiger partial charge in [0.1, 0.15) is 11.9 Å². The number of carbonyl (C=O) groups excluding carboxylic acids is 1. The van der Waals surface area contributed by atoms with E-state index in [4.69, 9.17) is 5.26 Å². The van der Waals surface area contributed by atoms with E-state index in [1.807, 2.05) is 0 Å². The molecule has 0 aliphatic carbocycles. The van der Waals surface area contributed by atoms with Crippen LogP contribution in [-0.4, -0.2) is 11.5 Å². The highest BCUT2D eigenvalue weighted by Gasteiger charge is 2.26. The molecule has 18 heavy (non-hydrogen) atoms. The molecular weight excluding hydrogens is 233 g/mol. The summed E-state index contributed by atoms with van der Waals surface area (Å²) in [5.41, 5.74) is 2.19. The Hall–Kier alpha value is -2.22. The lowest BCUT2D eigenvalue weighted by Crippen LogP contribution is -2.28. The van der Waals surface area contributed by atoms with E-state index in [2.05, 4.69) is 10.5 Å². The number of benzene rings is 1. The highest BCUT2D eigenvalue weighted by Crippen LogP contribution is 2.15. The zero-order valence-corrected chi connectivity index (χ0v) is 10.5. The number of carbonyl (C=O) groups is 1. The van der Waals surface area contributed by atoms with Crippen molar-refractivity contribution in [1.29, 1.82) is 5.26 Å². The van der Waals surface area contributed by atoms with Gasteiger partial charge in [0.2, 0.25) is 5.71 Å². The third-order valence-electron chi connectivity index (χ3n) is 2.14. The standard InChI is InChI=1S/C13H14FN3O/c1-13(2,3)12(18)11(8-15)17-16-10-6-4-9(14)5-7-10/h4-7,16H,1-3H3. The molecule has 0 atom stereocenters. The van der Waals surface area contributed by atoms with Crippen LogP contribution in [0.3, 0.4) is 0 Å². The van der Waals surface area contributed by atoms with Crippen LogP contribution in [0.1, 0.15) is 20.8 Å². The number of nitrogens with zero attached hydrogens (tertiary/aromatic N) is 2. The number of rotatable bonds is 3. The lowest BCUT2D eigenvalue weighted by atomic mass is 9.88. The Morgan fingerprint density at radius 3 is 2.33 bits per heavy atom. The Balaban J connectivity index is 2.85. The van der Waals surface area contributed by atoms with E-state index in [9.17, 15) is 9.18 Å². The zero-order chi connectivity index (χ0) is 13.8. The van der Waals surface area contributed by atoms with Gasteiger partial charge in [0, 0.05) is 5.41 Å². The van der Waals surface area contributed by atoms with Crippen molar-refractivity contribution >= 4 is 17.2 Å². The van der Waals surface area contributed by atoms with Crippen molar-refractivity contribution in [3.8, 4) is 6.07 Å². The first kappa shape index (κ1) is 13.8. The molecule has 0 amide bonds. The average Bonchev–Trinajstić information content (AvgIpc) is 2.31. The number of anilines is 1. The molecular formula is C13H14FN3O. The summed E-state index contributed by atoms with van der Waals surface area (Å²) in [6.45, 7) is 5.13. The van der Waals surface area contributed by atoms with Crippen molar-refractivity contribution in [3.63, 3.8) is 0 Å². The number of halogens is 1. The highest BCUT2D eigenvalue weighted by molar-refractivity contribution is 6.47. The van der Waals surface area contributed by atoms with Gasteiger partial charge in [0.15, 0.2) is 5.78 Å². The van der Waals surface area contributed by atoms with Crippen molar-refractivity contribution in [1.82, 2.24) is 0 Å². The van der Waals surface area contributed by atoms with Crippen molar-refractivity contribution in [2.24, 2.45) is 10.5 Å². The van der Waals surface area contributed by atoms with Crippen molar-refractivity contribution < 1.29 is 9.18 Å². The van der Waals surface area contributed by atoms with Crippen molar-refractivity contribution in [3.05, 3.63) is 30.1 Å². The topological polar surface area (TPSA) is 65.2 Å². The van der Waals surface area contributed by atoms with E-state index in [1.54, 1.807) is 26.8 Å². The maximum absolute atomic E-state index is 12.7. The van der Waals surface area contributed by atoms with Gasteiger partial charge in [-0.25, -0.2) is 4.39 Å². The quantitative estimate of drug-likeness (QED) is 0.659. The lowest BCUT2D eigenvalue weighted by molar-refractivity contribution is -0.119. The summed E-state index contributed by atoms with van der Waals surface area (Å²) in [4.78, 5) is 11.8. The molecule has 0 radical (unpaired) electrons. The molecule has 1 aromatic carbocycles. The molecule has 1 aromatic rings. The SMILES string of the molecule is CC(C)(C)C(=O)C(C#N)=NNc1ccc(F)cc1. The predicted octanol–water partition coefficient (Wildman–Crippen LogP) is 2.73. The minimum Gasteiger partial charge on any atom is -0.291 e. The van der Waals surface area contributed by atoms with Gasteiger partial charge in [-0.3, -0.25) is 10.2 Å². The van der Waals surface area contributed by atoms with Gasteiger partial charge >= 0.3 is 0 Å². The predicted molar refractivity (Wildman–Crippen MR) is 67.5 cm³/mol. The summed E-state index contributed by atoms with van der Waals surface area (Å²) in [6, 6.07) is 7.21. The number of hydrogen-bond donors (Lipinski definition) is 1. The zero-order valence-electron chi connectivity index (χ0n) is 10.5. The van der Waals surface area contributed by atoms with E-state index < -0.39 is 5.41 Å². The fourth-order valence-corrected chi connectivity index (χ4v) is 1.13. The molecule has 1 rings (SSSR count). The largest absolute Gasteiger partial charge is 0.291 e. The molecule has 0 spiro atoms. The third kappa shape index (κ3) is 3.67. The smallest absolute Gasteiger partial charge is 0.204 e. The van der Waals surface area contributed by atoms with Crippen LogP contribution in [0.5, 0.6) is 0 Å². The maximum Gasteiger partial charge on any atom is 0.204 e. The fraction of sp³-hybridized carbons (Fsp3) is 0.308. The molecule has 0 saturated carbocycles. The highest BCUT2D eigenvalue weighted by atomic mass is 19.1. The minimum absolute atomic E-state index is 0.202. The van der Waals surface area contributed by atoms with Gasteiger partial charge in [-0.1, -0.05) is 20.8 Å². The third-order valence-corrected chi connectivity index (χ3v) is 2.14. The molecule has 0 saturated heterocycles. The second-order valence-electron chi connectivity index (χ2n) is 4.77. The summed E-state index contributed by atoms with van der Waals surface area (Å²) in [5.74, 6) is -0.713. The summed E-state index contributed by atoms with van der Waals surface area (Å²) >= 11 is 0. The van der Waals surface area contributed by atoms with Crippen molar-refractivity contribution in [2.45, 2.75) is 20.8 Å². The molecule has 0 fully saturated rings. The van der Waals surface area contributed by atoms with Gasteiger partial charge < -0.3 is 0 Å². The summed E-state index contributed by atoms with van der Waals surface area (Å²) in [7, 11) is 0. The summed E-state index contributed by atoms with van der Waals surface area (Å²) in [6.07, 6.45) is 0. The molecule has 0 aliphatic heterocycles. The Kier molecular flexibility index (Phi) is 4.16. The molecule has 0 unspecified atom stereocenters. The van der Waals surface area contributed by atoms with Gasteiger partial charge in [0.25, 0.3) is 0 Å². The normalized spacial score (nSPS) is 11.8. The first-order valence-electron chi connectivity index (χ1n) is 5.39. The number of hydrazone groups is 1. The van der Waals surface area contributed by atoms with Crippen LogP contribution in [0.4, 0.5) is 10.1 Å². The van der Waals surface area contributed by atoms with Gasteiger partial charge in [-0.15, -0.1) is 0 Å². The Morgan fingerprint density at radius 1 is 1.33 bits per heavy atom. The summed E-state index contributed by atoms with van der Waals surface area (Å²) in [5, 5.41) is 12.6. The number of hydrogen-bond acceptors (Lipinski definition) is 4. The number of nitrogens with one attached hydrogen (secondary N) is 1. The van der Waals surface area contributed by atoms with Crippen LogP contribution in [0, 0.1) is 22.6 Å². The Bertz CT molecular complexity index is 507. The minimum atomic E-state index is -0.668. The van der Waals surface area contributed by atoms with Crippen molar-refractivity contribution in [2.75, 3.05) is 5.43 Å². The average molecular weight is 247 g/mol. The second-order valence-corrected chi connectivity index (χ2v) is 4.77. The molecule has 0 bridgehead atoms. The fourth-order valence-electron chi connectivity index (χ4n) is 1.13. The molecule has 1 N–H and O–H groups in total. The van der Waals surface area contributed by atoms with E-state index in [0.29, 0.717) is 5.69 Å². The number of Topliss-reactive ketones (excluding diaryl/α,β-unsaturated/α-hetero) is 1. The molecule has 4 nitrogen and oxygen atoms in total. The van der Waals surface area contributed by atoms with Crippen LogP contribution in [0.15, 0.2) is 29.4 Å². The maximum atomic E-state index is 12.7. The van der Waals surface area contributed by atoms with Gasteiger partial charge in [-0.2, -0.15) is 10.4 Å². The first-order valence-corrected chi connectivity index (χ1v) is 5.39. The Labute approximate surface area is 105 Å². The second kappa shape index (κ2) is 5.41. The van der Waals surface area contributed by atoms with Crippen LogP contribution >= 0.6 is 0 Å². The number of nitriles is 1. The monoisotopic (exact) mass is 247 g/mol. The molecule has 0 aromatic heterocycles.